The van der Waals surface area contributed by atoms with Crippen molar-refractivity contribution in [1.29, 1.82) is 0 Å². The third-order valence-electron chi connectivity index (χ3n) is 4.77. The third-order valence-corrected chi connectivity index (χ3v) is 4.77. The van der Waals surface area contributed by atoms with E-state index in [-0.39, 0.29) is 0 Å². The summed E-state index contributed by atoms with van der Waals surface area (Å²) in [6, 6.07) is 6.43. The molecule has 1 saturated carbocycles. The predicted octanol–water partition coefficient (Wildman–Crippen LogP) is 3.37. The van der Waals surface area contributed by atoms with Crippen LogP contribution in [-0.4, -0.2) is 20.2 Å². The number of aromatic nitrogens is 4. The normalized spacial score (nSPS) is 22.4. The van der Waals surface area contributed by atoms with Crippen LogP contribution >= 0.6 is 0 Å². The SMILES string of the molecule is CCC1CCCCC1n1nnnc1-c1cccc(C)c1N. The molecule has 2 unspecified atom stereocenters. The van der Waals surface area contributed by atoms with Crippen LogP contribution in [0.5, 0.6) is 0 Å². The molecule has 1 aliphatic rings. The highest BCUT2D eigenvalue weighted by Gasteiger charge is 2.29. The Morgan fingerprint density at radius 1 is 1.29 bits per heavy atom. The lowest BCUT2D eigenvalue weighted by Crippen LogP contribution is -2.24. The molecule has 21 heavy (non-hydrogen) atoms. The average Bonchev–Trinajstić information content (AvgIpc) is 2.99. The van der Waals surface area contributed by atoms with E-state index in [1.54, 1.807) is 0 Å². The van der Waals surface area contributed by atoms with E-state index in [4.69, 9.17) is 5.73 Å². The van der Waals surface area contributed by atoms with Gasteiger partial charge in [0, 0.05) is 11.3 Å². The first kappa shape index (κ1) is 14.0. The maximum Gasteiger partial charge on any atom is 0.184 e. The minimum atomic E-state index is 0.397. The van der Waals surface area contributed by atoms with Crippen LogP contribution < -0.4 is 5.73 Å². The highest BCUT2D eigenvalue weighted by Crippen LogP contribution is 2.38. The van der Waals surface area contributed by atoms with Crippen LogP contribution in [0.15, 0.2) is 18.2 Å². The predicted molar refractivity (Wildman–Crippen MR) is 83.7 cm³/mol. The summed E-state index contributed by atoms with van der Waals surface area (Å²) >= 11 is 0. The van der Waals surface area contributed by atoms with Crippen molar-refractivity contribution in [3.63, 3.8) is 0 Å². The van der Waals surface area contributed by atoms with Gasteiger partial charge < -0.3 is 5.73 Å². The summed E-state index contributed by atoms with van der Waals surface area (Å²) in [7, 11) is 0. The molecule has 0 saturated heterocycles. The summed E-state index contributed by atoms with van der Waals surface area (Å²) in [5.41, 5.74) is 9.02. The van der Waals surface area contributed by atoms with Gasteiger partial charge in [0.15, 0.2) is 5.82 Å². The fraction of sp³-hybridized carbons (Fsp3) is 0.562. The molecule has 1 aromatic heterocycles. The van der Waals surface area contributed by atoms with Crippen molar-refractivity contribution in [2.24, 2.45) is 5.92 Å². The van der Waals surface area contributed by atoms with Gasteiger partial charge in [-0.1, -0.05) is 38.3 Å². The Morgan fingerprint density at radius 2 is 2.10 bits per heavy atom. The fourth-order valence-electron chi connectivity index (χ4n) is 3.46. The molecule has 2 N–H and O–H groups in total. The summed E-state index contributed by atoms with van der Waals surface area (Å²) in [5.74, 6) is 1.47. The number of rotatable bonds is 3. The number of hydrogen-bond donors (Lipinski definition) is 1. The van der Waals surface area contributed by atoms with Crippen LogP contribution in [0.2, 0.25) is 0 Å². The quantitative estimate of drug-likeness (QED) is 0.878. The number of tetrazole rings is 1. The largest absolute Gasteiger partial charge is 0.398 e. The molecule has 0 bridgehead atoms. The van der Waals surface area contributed by atoms with Crippen molar-refractivity contribution >= 4 is 5.69 Å². The lowest BCUT2D eigenvalue weighted by atomic mass is 9.83. The van der Waals surface area contributed by atoms with Gasteiger partial charge in [-0.05, 0) is 47.7 Å². The number of anilines is 1. The van der Waals surface area contributed by atoms with Crippen molar-refractivity contribution < 1.29 is 0 Å². The highest BCUT2D eigenvalue weighted by molar-refractivity contribution is 5.74. The Morgan fingerprint density at radius 3 is 2.90 bits per heavy atom. The second kappa shape index (κ2) is 5.84. The van der Waals surface area contributed by atoms with E-state index in [9.17, 15) is 0 Å². The first-order valence-electron chi connectivity index (χ1n) is 7.85. The van der Waals surface area contributed by atoms with Gasteiger partial charge in [0.05, 0.1) is 6.04 Å². The maximum absolute atomic E-state index is 6.23. The van der Waals surface area contributed by atoms with Gasteiger partial charge in [0.25, 0.3) is 0 Å². The molecule has 5 nitrogen and oxygen atoms in total. The lowest BCUT2D eigenvalue weighted by Gasteiger charge is -2.31. The van der Waals surface area contributed by atoms with E-state index < -0.39 is 0 Å². The number of nitrogens with zero attached hydrogens (tertiary/aromatic N) is 4. The van der Waals surface area contributed by atoms with Crippen molar-refractivity contribution in [3.8, 4) is 11.4 Å². The highest BCUT2D eigenvalue weighted by atomic mass is 15.6. The van der Waals surface area contributed by atoms with E-state index in [1.807, 2.05) is 29.8 Å². The zero-order valence-corrected chi connectivity index (χ0v) is 12.8. The molecule has 0 amide bonds. The molecule has 0 radical (unpaired) electrons. The van der Waals surface area contributed by atoms with Crippen LogP contribution in [0.4, 0.5) is 5.69 Å². The first-order chi connectivity index (χ1) is 10.2. The lowest BCUT2D eigenvalue weighted by molar-refractivity contribution is 0.216. The van der Waals surface area contributed by atoms with Crippen LogP contribution in [0.25, 0.3) is 11.4 Å². The molecule has 0 spiro atoms. The van der Waals surface area contributed by atoms with Crippen LogP contribution in [0, 0.1) is 12.8 Å². The molecular weight excluding hydrogens is 262 g/mol. The Balaban J connectivity index is 2.02. The van der Waals surface area contributed by atoms with Gasteiger partial charge in [0.1, 0.15) is 0 Å². The minimum absolute atomic E-state index is 0.397. The molecule has 1 aromatic carbocycles. The average molecular weight is 285 g/mol. The Labute approximate surface area is 125 Å². The Kier molecular flexibility index (Phi) is 3.90. The second-order valence-corrected chi connectivity index (χ2v) is 6.00. The van der Waals surface area contributed by atoms with Gasteiger partial charge >= 0.3 is 0 Å². The molecule has 2 atom stereocenters. The fourth-order valence-corrected chi connectivity index (χ4v) is 3.46. The van der Waals surface area contributed by atoms with Crippen molar-refractivity contribution in [2.45, 2.75) is 52.0 Å². The molecular formula is C16H23N5. The van der Waals surface area contributed by atoms with Crippen LogP contribution in [0.1, 0.15) is 50.6 Å². The Hall–Kier alpha value is -1.91. The number of hydrogen-bond acceptors (Lipinski definition) is 4. The standard InChI is InChI=1S/C16H23N5/c1-3-12-8-4-5-10-14(12)21-16(18-19-20-21)13-9-6-7-11(2)15(13)17/h6-7,9,12,14H,3-5,8,10,17H2,1-2H3. The van der Waals surface area contributed by atoms with Crippen molar-refractivity contribution in [3.05, 3.63) is 23.8 Å². The summed E-state index contributed by atoms with van der Waals surface area (Å²) in [6.45, 7) is 4.27. The third kappa shape index (κ3) is 2.52. The number of para-hydroxylation sites is 1. The smallest absolute Gasteiger partial charge is 0.184 e. The van der Waals surface area contributed by atoms with Crippen molar-refractivity contribution in [1.82, 2.24) is 20.2 Å². The molecule has 0 aliphatic heterocycles. The van der Waals surface area contributed by atoms with Gasteiger partial charge in [-0.3, -0.25) is 0 Å². The van der Waals surface area contributed by atoms with Gasteiger partial charge in [0.2, 0.25) is 0 Å². The van der Waals surface area contributed by atoms with Crippen LogP contribution in [-0.2, 0) is 0 Å². The molecule has 1 aliphatic carbocycles. The maximum atomic E-state index is 6.23. The molecule has 3 rings (SSSR count). The summed E-state index contributed by atoms with van der Waals surface area (Å²) < 4.78 is 2.01. The van der Waals surface area contributed by atoms with Gasteiger partial charge in [-0.15, -0.1) is 5.10 Å². The van der Waals surface area contributed by atoms with E-state index in [0.29, 0.717) is 12.0 Å². The van der Waals surface area contributed by atoms with E-state index in [2.05, 4.69) is 22.4 Å². The minimum Gasteiger partial charge on any atom is -0.398 e. The zero-order valence-electron chi connectivity index (χ0n) is 12.8. The summed E-state index contributed by atoms with van der Waals surface area (Å²) in [6.07, 6.45) is 6.17. The summed E-state index contributed by atoms with van der Waals surface area (Å²) in [4.78, 5) is 0. The van der Waals surface area contributed by atoms with Crippen molar-refractivity contribution in [2.75, 3.05) is 5.73 Å². The number of aryl methyl sites for hydroxylation is 1. The van der Waals surface area contributed by atoms with E-state index in [1.165, 1.54) is 25.7 Å². The molecule has 112 valence electrons. The van der Waals surface area contributed by atoms with E-state index in [0.717, 1.165) is 29.1 Å². The molecule has 5 heteroatoms. The van der Waals surface area contributed by atoms with E-state index >= 15 is 0 Å². The number of nitrogen functional groups attached to an aromatic ring is 1. The number of benzene rings is 1. The molecule has 1 fully saturated rings. The molecule has 1 heterocycles. The Bertz CT molecular complexity index is 619. The zero-order chi connectivity index (χ0) is 14.8. The molecule has 2 aromatic rings. The first-order valence-corrected chi connectivity index (χ1v) is 7.85. The second-order valence-electron chi connectivity index (χ2n) is 6.00. The van der Waals surface area contributed by atoms with Gasteiger partial charge in [-0.25, -0.2) is 4.68 Å². The topological polar surface area (TPSA) is 69.6 Å². The van der Waals surface area contributed by atoms with Gasteiger partial charge in [-0.2, -0.15) is 0 Å². The number of nitrogens with two attached hydrogens (primary N) is 1. The van der Waals surface area contributed by atoms with Crippen LogP contribution in [0.3, 0.4) is 0 Å². The summed E-state index contributed by atoms with van der Waals surface area (Å²) in [5, 5.41) is 12.5. The monoisotopic (exact) mass is 285 g/mol.